The molecular formula is C14H8F3N3O. The lowest BCUT2D eigenvalue weighted by Crippen LogP contribution is -2.04. The lowest BCUT2D eigenvalue weighted by molar-refractivity contribution is -0.137. The van der Waals surface area contributed by atoms with Crippen LogP contribution in [0.1, 0.15) is 11.1 Å². The summed E-state index contributed by atoms with van der Waals surface area (Å²) < 4.78 is 37.8. The summed E-state index contributed by atoms with van der Waals surface area (Å²) in [7, 11) is 0. The number of hydrogen-bond donors (Lipinski definition) is 1. The molecule has 0 aliphatic rings. The molecule has 7 heteroatoms. The molecule has 0 unspecified atom stereocenters. The summed E-state index contributed by atoms with van der Waals surface area (Å²) in [5.74, 6) is -0.273. The second kappa shape index (κ2) is 5.63. The number of rotatable bonds is 2. The van der Waals surface area contributed by atoms with E-state index in [1.807, 2.05) is 0 Å². The van der Waals surface area contributed by atoms with Crippen LogP contribution in [0.5, 0.6) is 5.75 Å². The largest absolute Gasteiger partial charge is 0.506 e. The first-order valence-corrected chi connectivity index (χ1v) is 5.71. The first-order chi connectivity index (χ1) is 9.91. The van der Waals surface area contributed by atoms with Crippen molar-refractivity contribution in [1.29, 1.82) is 5.26 Å². The van der Waals surface area contributed by atoms with Crippen molar-refractivity contribution in [1.82, 2.24) is 4.98 Å². The third-order valence-electron chi connectivity index (χ3n) is 2.58. The summed E-state index contributed by atoms with van der Waals surface area (Å²) >= 11 is 0. The SMILES string of the molecule is N#CC(=Nc1cccc(C(F)(F)F)c1)c1ccncc1O. The quantitative estimate of drug-likeness (QED) is 0.861. The van der Waals surface area contributed by atoms with E-state index in [-0.39, 0.29) is 22.7 Å². The average molecular weight is 291 g/mol. The number of aromatic hydroxyl groups is 1. The standard InChI is InChI=1S/C14H8F3N3O/c15-14(16,17)9-2-1-3-10(6-9)20-12(7-18)11-4-5-19-8-13(11)21/h1-6,8,21H. The first-order valence-electron chi connectivity index (χ1n) is 5.71. The summed E-state index contributed by atoms with van der Waals surface area (Å²) in [6.45, 7) is 0. The molecule has 1 aromatic carbocycles. The Morgan fingerprint density at radius 3 is 2.67 bits per heavy atom. The Hall–Kier alpha value is -2.88. The third-order valence-corrected chi connectivity index (χ3v) is 2.58. The fourth-order valence-electron chi connectivity index (χ4n) is 1.61. The van der Waals surface area contributed by atoms with Gasteiger partial charge in [-0.25, -0.2) is 4.99 Å². The van der Waals surface area contributed by atoms with E-state index in [1.165, 1.54) is 24.4 Å². The Bertz CT molecular complexity index is 733. The van der Waals surface area contributed by atoms with Crippen LogP contribution < -0.4 is 0 Å². The molecule has 0 saturated carbocycles. The molecule has 0 bridgehead atoms. The summed E-state index contributed by atoms with van der Waals surface area (Å²) in [4.78, 5) is 7.50. The highest BCUT2D eigenvalue weighted by molar-refractivity contribution is 6.14. The van der Waals surface area contributed by atoms with Crippen LogP contribution in [-0.2, 0) is 6.18 Å². The molecule has 2 rings (SSSR count). The molecule has 0 aliphatic carbocycles. The third kappa shape index (κ3) is 3.36. The van der Waals surface area contributed by atoms with Crippen molar-refractivity contribution in [2.75, 3.05) is 0 Å². The number of halogens is 3. The van der Waals surface area contributed by atoms with E-state index in [0.29, 0.717) is 0 Å². The molecule has 106 valence electrons. The van der Waals surface area contributed by atoms with E-state index in [4.69, 9.17) is 5.26 Å². The summed E-state index contributed by atoms with van der Waals surface area (Å²) in [6, 6.07) is 7.38. The number of aromatic nitrogens is 1. The molecule has 1 N–H and O–H groups in total. The van der Waals surface area contributed by atoms with Gasteiger partial charge in [0, 0.05) is 6.20 Å². The lowest BCUT2D eigenvalue weighted by Gasteiger charge is -2.07. The van der Waals surface area contributed by atoms with Crippen molar-refractivity contribution in [2.45, 2.75) is 6.18 Å². The minimum absolute atomic E-state index is 0.0300. The zero-order valence-corrected chi connectivity index (χ0v) is 10.5. The van der Waals surface area contributed by atoms with Gasteiger partial charge in [0.25, 0.3) is 0 Å². The van der Waals surface area contributed by atoms with E-state index >= 15 is 0 Å². The first kappa shape index (κ1) is 14.5. The fourth-order valence-corrected chi connectivity index (χ4v) is 1.61. The summed E-state index contributed by atoms with van der Waals surface area (Å²) in [6.07, 6.45) is -2.03. The van der Waals surface area contributed by atoms with Gasteiger partial charge in [0.2, 0.25) is 0 Å². The van der Waals surface area contributed by atoms with Crippen LogP contribution in [-0.4, -0.2) is 15.8 Å². The van der Waals surface area contributed by atoms with Crippen molar-refractivity contribution in [3.8, 4) is 11.8 Å². The molecule has 0 fully saturated rings. The van der Waals surface area contributed by atoms with E-state index < -0.39 is 11.7 Å². The fraction of sp³-hybridized carbons (Fsp3) is 0.0714. The second-order valence-electron chi connectivity index (χ2n) is 4.01. The molecule has 4 nitrogen and oxygen atoms in total. The van der Waals surface area contributed by atoms with Gasteiger partial charge in [0.1, 0.15) is 11.8 Å². The van der Waals surface area contributed by atoms with Crippen LogP contribution in [0.4, 0.5) is 18.9 Å². The van der Waals surface area contributed by atoms with Crippen LogP contribution >= 0.6 is 0 Å². The number of nitriles is 1. The molecule has 2 aromatic rings. The van der Waals surface area contributed by atoms with Gasteiger partial charge in [-0.1, -0.05) is 6.07 Å². The maximum Gasteiger partial charge on any atom is 0.416 e. The maximum atomic E-state index is 12.6. The number of aliphatic imine (C=N–C) groups is 1. The highest BCUT2D eigenvalue weighted by atomic mass is 19.4. The van der Waals surface area contributed by atoms with Crippen molar-refractivity contribution in [2.24, 2.45) is 4.99 Å². The minimum Gasteiger partial charge on any atom is -0.506 e. The highest BCUT2D eigenvalue weighted by Gasteiger charge is 2.30. The topological polar surface area (TPSA) is 69.3 Å². The van der Waals surface area contributed by atoms with Gasteiger partial charge >= 0.3 is 6.18 Å². The number of benzene rings is 1. The molecule has 1 heterocycles. The van der Waals surface area contributed by atoms with E-state index in [1.54, 1.807) is 6.07 Å². The molecule has 0 amide bonds. The monoisotopic (exact) mass is 291 g/mol. The van der Waals surface area contributed by atoms with Gasteiger partial charge in [-0.3, -0.25) is 4.98 Å². The molecule has 0 spiro atoms. The Morgan fingerprint density at radius 1 is 1.29 bits per heavy atom. The van der Waals surface area contributed by atoms with Crippen molar-refractivity contribution < 1.29 is 18.3 Å². The zero-order valence-electron chi connectivity index (χ0n) is 10.5. The van der Waals surface area contributed by atoms with Crippen molar-refractivity contribution in [3.63, 3.8) is 0 Å². The second-order valence-corrected chi connectivity index (χ2v) is 4.01. The van der Waals surface area contributed by atoms with E-state index in [0.717, 1.165) is 18.3 Å². The van der Waals surface area contributed by atoms with Crippen LogP contribution in [0.25, 0.3) is 0 Å². The van der Waals surface area contributed by atoms with E-state index in [2.05, 4.69) is 9.98 Å². The smallest absolute Gasteiger partial charge is 0.416 e. The summed E-state index contributed by atoms with van der Waals surface area (Å²) in [5.41, 5.74) is -0.989. The number of hydrogen-bond acceptors (Lipinski definition) is 4. The van der Waals surface area contributed by atoms with Gasteiger partial charge in [-0.05, 0) is 24.3 Å². The predicted molar refractivity (Wildman–Crippen MR) is 69.2 cm³/mol. The van der Waals surface area contributed by atoms with Crippen LogP contribution in [0.15, 0.2) is 47.7 Å². The molecule has 21 heavy (non-hydrogen) atoms. The van der Waals surface area contributed by atoms with Gasteiger partial charge in [0.15, 0.2) is 5.71 Å². The normalized spacial score (nSPS) is 12.0. The lowest BCUT2D eigenvalue weighted by atomic mass is 10.1. The minimum atomic E-state index is -4.49. The number of alkyl halides is 3. The average Bonchev–Trinajstić information content (AvgIpc) is 2.45. The number of pyridine rings is 1. The van der Waals surface area contributed by atoms with Crippen LogP contribution in [0.2, 0.25) is 0 Å². The molecule has 0 saturated heterocycles. The van der Waals surface area contributed by atoms with Gasteiger partial charge in [0.05, 0.1) is 23.0 Å². The Labute approximate surface area is 117 Å². The Balaban J connectivity index is 2.47. The molecule has 1 aromatic heterocycles. The molecule has 0 aliphatic heterocycles. The molecule has 0 atom stereocenters. The Kier molecular flexibility index (Phi) is 3.89. The van der Waals surface area contributed by atoms with Crippen molar-refractivity contribution in [3.05, 3.63) is 53.9 Å². The predicted octanol–water partition coefficient (Wildman–Crippen LogP) is 3.45. The highest BCUT2D eigenvalue weighted by Crippen LogP contribution is 2.31. The van der Waals surface area contributed by atoms with Crippen LogP contribution in [0.3, 0.4) is 0 Å². The molecular weight excluding hydrogens is 283 g/mol. The van der Waals surface area contributed by atoms with Gasteiger partial charge in [-0.2, -0.15) is 18.4 Å². The van der Waals surface area contributed by atoms with Gasteiger partial charge in [-0.15, -0.1) is 0 Å². The Morgan fingerprint density at radius 2 is 2.05 bits per heavy atom. The molecule has 0 radical (unpaired) electrons. The van der Waals surface area contributed by atoms with Crippen LogP contribution in [0, 0.1) is 11.3 Å². The van der Waals surface area contributed by atoms with Crippen molar-refractivity contribution >= 4 is 11.4 Å². The van der Waals surface area contributed by atoms with Gasteiger partial charge < -0.3 is 5.11 Å². The maximum absolute atomic E-state index is 12.6. The number of nitrogens with zero attached hydrogens (tertiary/aromatic N) is 3. The zero-order chi connectivity index (χ0) is 15.5. The van der Waals surface area contributed by atoms with E-state index in [9.17, 15) is 18.3 Å². The summed E-state index contributed by atoms with van der Waals surface area (Å²) in [5, 5.41) is 18.7.